The Morgan fingerprint density at radius 2 is 2.25 bits per heavy atom. The number of hydrogen-bond donors (Lipinski definition) is 0. The molecule has 1 atom stereocenters. The summed E-state index contributed by atoms with van der Waals surface area (Å²) in [5, 5.41) is 0. The van der Waals surface area contributed by atoms with Crippen molar-refractivity contribution in [2.75, 3.05) is 6.61 Å². The highest BCUT2D eigenvalue weighted by atomic mass is 79.9. The predicted octanol–water partition coefficient (Wildman–Crippen LogP) is 1.98. The normalized spacial score (nSPS) is 11.9. The van der Waals surface area contributed by atoms with Gasteiger partial charge in [-0.05, 0) is 12.1 Å². The number of rotatable bonds is 5. The number of alkyl halides is 1. The summed E-state index contributed by atoms with van der Waals surface area (Å²) >= 11 is 3.25. The molecule has 0 bridgehead atoms. The molecule has 0 saturated carbocycles. The number of pyridine rings is 1. The Kier molecular flexibility index (Phi) is 5.11. The Balaban J connectivity index is 2.45. The molecule has 0 saturated heterocycles. The van der Waals surface area contributed by atoms with E-state index in [-0.39, 0.29) is 23.2 Å². The van der Waals surface area contributed by atoms with Crippen molar-refractivity contribution in [2.45, 2.75) is 18.2 Å². The lowest BCUT2D eigenvalue weighted by Gasteiger charge is -2.07. The molecular weight excluding hydrogens is 274 g/mol. The summed E-state index contributed by atoms with van der Waals surface area (Å²) in [6.07, 6.45) is 2.01. The quantitative estimate of drug-likeness (QED) is 0.472. The molecule has 1 rings (SSSR count). The van der Waals surface area contributed by atoms with Crippen LogP contribution < -0.4 is 0 Å². The van der Waals surface area contributed by atoms with Gasteiger partial charge in [-0.15, -0.1) is 0 Å². The van der Waals surface area contributed by atoms with Gasteiger partial charge >= 0.3 is 5.97 Å². The number of hydrogen-bond acceptors (Lipinski definition) is 4. The average Bonchev–Trinajstić information content (AvgIpc) is 2.28. The van der Waals surface area contributed by atoms with E-state index < -0.39 is 0 Å². The van der Waals surface area contributed by atoms with Crippen LogP contribution in [0.3, 0.4) is 0 Å². The number of carbonyl (C=O) groups excluding carboxylic acids is 2. The maximum atomic E-state index is 11.8. The van der Waals surface area contributed by atoms with Gasteiger partial charge in [-0.25, -0.2) is 0 Å². The second kappa shape index (κ2) is 6.37. The fraction of sp³-hybridized carbons (Fsp3) is 0.364. The third-order valence-electron chi connectivity index (χ3n) is 1.88. The molecule has 1 unspecified atom stereocenters. The first-order valence-corrected chi connectivity index (χ1v) is 5.75. The number of Topliss-reactive ketones (excluding diaryl/α,β-unsaturated/α-hetero) is 1. The molecule has 86 valence electrons. The molecule has 1 aromatic heterocycles. The predicted molar refractivity (Wildman–Crippen MR) is 62.5 cm³/mol. The summed E-state index contributed by atoms with van der Waals surface area (Å²) < 4.78 is 4.76. The van der Waals surface area contributed by atoms with Gasteiger partial charge in [0, 0.05) is 19.5 Å². The second-order valence-corrected chi connectivity index (χ2v) is 4.28. The van der Waals surface area contributed by atoms with Crippen LogP contribution in [-0.4, -0.2) is 28.2 Å². The van der Waals surface area contributed by atoms with Crippen LogP contribution >= 0.6 is 15.9 Å². The molecule has 1 heterocycles. The zero-order valence-electron chi connectivity index (χ0n) is 8.85. The number of esters is 1. The van der Waals surface area contributed by atoms with Gasteiger partial charge in [-0.2, -0.15) is 0 Å². The fourth-order valence-electron chi connectivity index (χ4n) is 1.11. The van der Waals surface area contributed by atoms with Crippen molar-refractivity contribution in [3.8, 4) is 0 Å². The van der Waals surface area contributed by atoms with Crippen molar-refractivity contribution in [1.82, 2.24) is 4.98 Å². The summed E-state index contributed by atoms with van der Waals surface area (Å²) in [6.45, 7) is 1.56. The zero-order valence-corrected chi connectivity index (χ0v) is 10.4. The van der Waals surface area contributed by atoms with Gasteiger partial charge in [0.2, 0.25) is 0 Å². The summed E-state index contributed by atoms with van der Waals surface area (Å²) in [6, 6.07) is 5.16. The van der Waals surface area contributed by atoms with E-state index in [2.05, 4.69) is 20.9 Å². The SMILES string of the molecule is CC(=O)OCCC(Br)C(=O)c1ccccn1. The highest BCUT2D eigenvalue weighted by Crippen LogP contribution is 2.12. The molecule has 16 heavy (non-hydrogen) atoms. The molecule has 0 fully saturated rings. The van der Waals surface area contributed by atoms with Gasteiger partial charge in [-0.3, -0.25) is 14.6 Å². The Morgan fingerprint density at radius 3 is 2.81 bits per heavy atom. The molecule has 0 N–H and O–H groups in total. The minimum atomic E-state index is -0.373. The number of aromatic nitrogens is 1. The summed E-state index contributed by atoms with van der Waals surface area (Å²) in [4.78, 5) is 25.9. The second-order valence-electron chi connectivity index (χ2n) is 3.18. The van der Waals surface area contributed by atoms with E-state index in [9.17, 15) is 9.59 Å². The van der Waals surface area contributed by atoms with E-state index in [1.165, 1.54) is 6.92 Å². The van der Waals surface area contributed by atoms with Crippen molar-refractivity contribution in [2.24, 2.45) is 0 Å². The van der Waals surface area contributed by atoms with Crippen LogP contribution in [0, 0.1) is 0 Å². The minimum Gasteiger partial charge on any atom is -0.466 e. The van der Waals surface area contributed by atoms with Crippen LogP contribution in [0.4, 0.5) is 0 Å². The van der Waals surface area contributed by atoms with E-state index in [0.29, 0.717) is 12.1 Å². The largest absolute Gasteiger partial charge is 0.466 e. The van der Waals surface area contributed by atoms with Crippen molar-refractivity contribution < 1.29 is 14.3 Å². The molecular formula is C11H12BrNO3. The lowest BCUT2D eigenvalue weighted by molar-refractivity contribution is -0.140. The molecule has 0 spiro atoms. The number of halogens is 1. The number of ketones is 1. The standard InChI is InChI=1S/C11H12BrNO3/c1-8(14)16-7-5-9(12)11(15)10-4-2-3-6-13-10/h2-4,6,9H,5,7H2,1H3. The maximum absolute atomic E-state index is 11.8. The average molecular weight is 286 g/mol. The Bertz CT molecular complexity index is 367. The Hall–Kier alpha value is -1.23. The Labute approximate surface area is 102 Å². The first kappa shape index (κ1) is 12.8. The van der Waals surface area contributed by atoms with E-state index in [4.69, 9.17) is 4.74 Å². The lowest BCUT2D eigenvalue weighted by atomic mass is 10.1. The first-order valence-electron chi connectivity index (χ1n) is 4.84. The van der Waals surface area contributed by atoms with Crippen LogP contribution in [0.15, 0.2) is 24.4 Å². The van der Waals surface area contributed by atoms with Gasteiger partial charge in [-0.1, -0.05) is 22.0 Å². The fourth-order valence-corrected chi connectivity index (χ4v) is 1.53. The van der Waals surface area contributed by atoms with Crippen LogP contribution in [0.5, 0.6) is 0 Å². The highest BCUT2D eigenvalue weighted by Gasteiger charge is 2.17. The van der Waals surface area contributed by atoms with E-state index in [1.54, 1.807) is 24.4 Å². The van der Waals surface area contributed by atoms with Crippen molar-refractivity contribution in [3.63, 3.8) is 0 Å². The van der Waals surface area contributed by atoms with Crippen LogP contribution in [0.1, 0.15) is 23.8 Å². The van der Waals surface area contributed by atoms with Gasteiger partial charge in [0.15, 0.2) is 5.78 Å². The minimum absolute atomic E-state index is 0.104. The Morgan fingerprint density at radius 1 is 1.50 bits per heavy atom. The van der Waals surface area contributed by atoms with E-state index in [1.807, 2.05) is 0 Å². The monoisotopic (exact) mass is 285 g/mol. The molecule has 5 heteroatoms. The molecule has 0 aliphatic carbocycles. The number of ether oxygens (including phenoxy) is 1. The van der Waals surface area contributed by atoms with Gasteiger partial charge in [0.05, 0.1) is 11.4 Å². The molecule has 0 aliphatic heterocycles. The third kappa shape index (κ3) is 4.10. The zero-order chi connectivity index (χ0) is 12.0. The molecule has 0 aromatic carbocycles. The van der Waals surface area contributed by atoms with Gasteiger partial charge in [0.25, 0.3) is 0 Å². The van der Waals surface area contributed by atoms with Crippen LogP contribution in [-0.2, 0) is 9.53 Å². The summed E-state index contributed by atoms with van der Waals surface area (Å²) in [5.74, 6) is -0.447. The molecule has 1 aromatic rings. The van der Waals surface area contributed by atoms with Crippen molar-refractivity contribution >= 4 is 27.7 Å². The number of nitrogens with zero attached hydrogens (tertiary/aromatic N) is 1. The van der Waals surface area contributed by atoms with Gasteiger partial charge in [0.1, 0.15) is 5.69 Å². The maximum Gasteiger partial charge on any atom is 0.302 e. The number of carbonyl (C=O) groups is 2. The first-order chi connectivity index (χ1) is 7.61. The molecule has 0 amide bonds. The van der Waals surface area contributed by atoms with Crippen LogP contribution in [0.2, 0.25) is 0 Å². The van der Waals surface area contributed by atoms with E-state index in [0.717, 1.165) is 0 Å². The lowest BCUT2D eigenvalue weighted by Crippen LogP contribution is -2.18. The topological polar surface area (TPSA) is 56.3 Å². The molecule has 0 radical (unpaired) electrons. The van der Waals surface area contributed by atoms with Crippen LogP contribution in [0.25, 0.3) is 0 Å². The third-order valence-corrected chi connectivity index (χ3v) is 2.75. The molecule has 4 nitrogen and oxygen atoms in total. The van der Waals surface area contributed by atoms with Gasteiger partial charge < -0.3 is 4.74 Å². The molecule has 0 aliphatic rings. The smallest absolute Gasteiger partial charge is 0.302 e. The van der Waals surface area contributed by atoms with Crippen molar-refractivity contribution in [3.05, 3.63) is 30.1 Å². The highest BCUT2D eigenvalue weighted by molar-refractivity contribution is 9.10. The van der Waals surface area contributed by atoms with Crippen molar-refractivity contribution in [1.29, 1.82) is 0 Å². The van der Waals surface area contributed by atoms with E-state index >= 15 is 0 Å². The summed E-state index contributed by atoms with van der Waals surface area (Å²) in [5.41, 5.74) is 0.409. The summed E-state index contributed by atoms with van der Waals surface area (Å²) in [7, 11) is 0.